The molecule has 0 bridgehead atoms. The van der Waals surface area contributed by atoms with Crippen LogP contribution in [0.25, 0.3) is 11.0 Å². The first-order valence-corrected chi connectivity index (χ1v) is 18.1. The Kier molecular flexibility index (Phi) is 10.6. The maximum Gasteiger partial charge on any atom is 0.254 e. The van der Waals surface area contributed by atoms with Crippen LogP contribution in [-0.4, -0.2) is 90.8 Å². The number of aromatic amines is 1. The van der Waals surface area contributed by atoms with Gasteiger partial charge in [-0.05, 0) is 92.7 Å². The molecule has 11 heteroatoms. The van der Waals surface area contributed by atoms with Crippen molar-refractivity contribution in [3.8, 4) is 17.2 Å². The van der Waals surface area contributed by atoms with Crippen molar-refractivity contribution in [3.63, 3.8) is 0 Å². The summed E-state index contributed by atoms with van der Waals surface area (Å²) in [4.78, 5) is 34.1. The number of methoxy groups -OCH3 is 3. The Labute approximate surface area is 304 Å². The van der Waals surface area contributed by atoms with Crippen LogP contribution in [-0.2, 0) is 12.0 Å². The molecule has 1 unspecified atom stereocenters. The lowest BCUT2D eigenvalue weighted by Gasteiger charge is -2.45. The number of nitrogens with one attached hydrogen (secondary N) is 1. The molecule has 2 aliphatic rings. The van der Waals surface area contributed by atoms with E-state index in [2.05, 4.69) is 31.9 Å². The van der Waals surface area contributed by atoms with Gasteiger partial charge in [-0.25, -0.2) is 9.37 Å². The largest absolute Gasteiger partial charge is 0.493 e. The Morgan fingerprint density at radius 2 is 1.67 bits per heavy atom. The predicted octanol–water partition coefficient (Wildman–Crippen LogP) is 6.86. The van der Waals surface area contributed by atoms with Crippen molar-refractivity contribution in [2.24, 2.45) is 0 Å². The van der Waals surface area contributed by atoms with E-state index >= 15 is 0 Å². The van der Waals surface area contributed by atoms with Gasteiger partial charge >= 0.3 is 0 Å². The fraction of sp³-hybridized carbons (Fsp3) is 0.390. The van der Waals surface area contributed by atoms with E-state index in [9.17, 15) is 9.18 Å². The molecule has 1 atom stereocenters. The van der Waals surface area contributed by atoms with Gasteiger partial charge in [-0.15, -0.1) is 0 Å². The smallest absolute Gasteiger partial charge is 0.254 e. The number of H-pyrrole nitrogens is 1. The van der Waals surface area contributed by atoms with Crippen molar-refractivity contribution < 1.29 is 23.4 Å². The number of ether oxygens (including phenoxy) is 3. The second kappa shape index (κ2) is 15.6. The van der Waals surface area contributed by atoms with E-state index in [0.29, 0.717) is 48.5 Å². The summed E-state index contributed by atoms with van der Waals surface area (Å²) in [6, 6.07) is 24.8. The zero-order chi connectivity index (χ0) is 36.1. The van der Waals surface area contributed by atoms with E-state index < -0.39 is 0 Å². The standard InChI is InChI=1S/C41H47FN6O4/c1-50-36-25-29(26-37(51-2)38(36)52-3)39(49)47-21-8-18-41(28-47,30-12-14-31(42)15-13-30)19-24-46-22-16-33(17-23-46)48(27-32-9-6-7-20-43-32)40-44-34-10-4-5-11-35(34)45-40/h4-7,9-15,20,25-26,33H,8,16-19,21-24,27-28H2,1-3H3,(H,44,45). The first kappa shape index (κ1) is 35.3. The lowest BCUT2D eigenvalue weighted by atomic mass is 9.71. The van der Waals surface area contributed by atoms with Crippen LogP contribution in [0.2, 0.25) is 0 Å². The minimum Gasteiger partial charge on any atom is -0.493 e. The van der Waals surface area contributed by atoms with Gasteiger partial charge in [-0.2, -0.15) is 0 Å². The van der Waals surface area contributed by atoms with Crippen LogP contribution in [0.4, 0.5) is 10.3 Å². The average Bonchev–Trinajstić information content (AvgIpc) is 3.63. The molecule has 2 aliphatic heterocycles. The molecule has 2 aromatic heterocycles. The number of benzene rings is 3. The average molecular weight is 707 g/mol. The first-order chi connectivity index (χ1) is 25.4. The predicted molar refractivity (Wildman–Crippen MR) is 200 cm³/mol. The number of likely N-dealkylation sites (tertiary alicyclic amines) is 2. The highest BCUT2D eigenvalue weighted by atomic mass is 19.1. The van der Waals surface area contributed by atoms with E-state index in [1.54, 1.807) is 33.5 Å². The monoisotopic (exact) mass is 706 g/mol. The number of carbonyl (C=O) groups excluding carboxylic acids is 1. The summed E-state index contributed by atoms with van der Waals surface area (Å²) in [5.74, 6) is 1.84. The molecule has 1 N–H and O–H groups in total. The van der Waals surface area contributed by atoms with Crippen LogP contribution in [0.3, 0.4) is 0 Å². The number of para-hydroxylation sites is 2. The number of amides is 1. The Morgan fingerprint density at radius 1 is 0.942 bits per heavy atom. The fourth-order valence-electron chi connectivity index (χ4n) is 8.02. The molecule has 4 heterocycles. The number of piperidine rings is 2. The molecule has 2 saturated heterocycles. The summed E-state index contributed by atoms with van der Waals surface area (Å²) in [6.07, 6.45) is 6.42. The molecule has 0 aliphatic carbocycles. The molecular weight excluding hydrogens is 659 g/mol. The number of hydrogen-bond donors (Lipinski definition) is 1. The zero-order valence-corrected chi connectivity index (χ0v) is 30.2. The van der Waals surface area contributed by atoms with Crippen LogP contribution < -0.4 is 19.1 Å². The molecule has 0 radical (unpaired) electrons. The molecule has 10 nitrogen and oxygen atoms in total. The summed E-state index contributed by atoms with van der Waals surface area (Å²) in [6.45, 7) is 4.61. The summed E-state index contributed by atoms with van der Waals surface area (Å²) in [5.41, 5.74) is 4.21. The van der Waals surface area contributed by atoms with E-state index in [-0.39, 0.29) is 17.1 Å². The number of aromatic nitrogens is 3. The number of carbonyl (C=O) groups is 1. The minimum absolute atomic E-state index is 0.0927. The van der Waals surface area contributed by atoms with Gasteiger partial charge in [0.1, 0.15) is 5.82 Å². The van der Waals surface area contributed by atoms with Gasteiger partial charge in [-0.1, -0.05) is 30.3 Å². The summed E-state index contributed by atoms with van der Waals surface area (Å²) >= 11 is 0. The van der Waals surface area contributed by atoms with E-state index in [1.165, 1.54) is 12.1 Å². The highest BCUT2D eigenvalue weighted by Gasteiger charge is 2.40. The normalized spacial score (nSPS) is 18.3. The lowest BCUT2D eigenvalue weighted by molar-refractivity contribution is 0.0605. The molecule has 7 rings (SSSR count). The topological polar surface area (TPSA) is 96.1 Å². The third-order valence-corrected chi connectivity index (χ3v) is 10.8. The lowest BCUT2D eigenvalue weighted by Crippen LogP contribution is -2.51. The number of anilines is 1. The molecule has 5 aromatic rings. The van der Waals surface area contributed by atoms with E-state index in [1.807, 2.05) is 53.6 Å². The van der Waals surface area contributed by atoms with Crippen molar-refractivity contribution in [1.29, 1.82) is 0 Å². The number of pyridine rings is 1. The SMILES string of the molecule is COc1cc(C(=O)N2CCCC(CCN3CCC(N(Cc4ccccn4)c4nc5ccccc5[nH]4)CC3)(c3ccc(F)cc3)C2)cc(OC)c1OC. The van der Waals surface area contributed by atoms with Gasteiger partial charge in [0.2, 0.25) is 11.7 Å². The van der Waals surface area contributed by atoms with Crippen LogP contribution in [0.5, 0.6) is 17.2 Å². The quantitative estimate of drug-likeness (QED) is 0.151. The van der Waals surface area contributed by atoms with Crippen molar-refractivity contribution in [2.75, 3.05) is 59.0 Å². The number of imidazole rings is 1. The first-order valence-electron chi connectivity index (χ1n) is 18.1. The number of fused-ring (bicyclic) bond motifs is 1. The molecule has 52 heavy (non-hydrogen) atoms. The zero-order valence-electron chi connectivity index (χ0n) is 30.2. The Bertz CT molecular complexity index is 1910. The molecule has 1 amide bonds. The molecule has 3 aromatic carbocycles. The Hall–Kier alpha value is -5.16. The van der Waals surface area contributed by atoms with Crippen molar-refractivity contribution >= 4 is 22.9 Å². The number of nitrogens with zero attached hydrogens (tertiary/aromatic N) is 5. The van der Waals surface area contributed by atoms with Gasteiger partial charge in [0.05, 0.1) is 44.6 Å². The Morgan fingerprint density at radius 3 is 2.35 bits per heavy atom. The molecular formula is C41H47FN6O4. The van der Waals surface area contributed by atoms with Gasteiger partial charge in [-0.3, -0.25) is 9.78 Å². The van der Waals surface area contributed by atoms with Crippen LogP contribution in [0.1, 0.15) is 53.7 Å². The van der Waals surface area contributed by atoms with Crippen molar-refractivity contribution in [2.45, 2.75) is 50.1 Å². The highest BCUT2D eigenvalue weighted by molar-refractivity contribution is 5.96. The number of halogens is 1. The van der Waals surface area contributed by atoms with E-state index in [4.69, 9.17) is 19.2 Å². The van der Waals surface area contributed by atoms with Gasteiger partial charge < -0.3 is 33.9 Å². The van der Waals surface area contributed by atoms with E-state index in [0.717, 1.165) is 80.0 Å². The fourth-order valence-corrected chi connectivity index (χ4v) is 8.02. The third-order valence-electron chi connectivity index (χ3n) is 10.8. The van der Waals surface area contributed by atoms with Crippen LogP contribution >= 0.6 is 0 Å². The third kappa shape index (κ3) is 7.41. The molecule has 0 spiro atoms. The van der Waals surface area contributed by atoms with Gasteiger partial charge in [0.25, 0.3) is 5.91 Å². The second-order valence-corrected chi connectivity index (χ2v) is 13.9. The number of rotatable bonds is 12. The maximum absolute atomic E-state index is 14.2. The van der Waals surface area contributed by atoms with Crippen molar-refractivity contribution in [1.82, 2.24) is 24.8 Å². The van der Waals surface area contributed by atoms with Crippen molar-refractivity contribution in [3.05, 3.63) is 108 Å². The number of hydrogen-bond acceptors (Lipinski definition) is 8. The second-order valence-electron chi connectivity index (χ2n) is 13.9. The summed E-state index contributed by atoms with van der Waals surface area (Å²) in [5, 5.41) is 0. The summed E-state index contributed by atoms with van der Waals surface area (Å²) in [7, 11) is 4.64. The highest BCUT2D eigenvalue weighted by Crippen LogP contribution is 2.41. The van der Waals surface area contributed by atoms with Gasteiger partial charge in [0, 0.05) is 49.4 Å². The van der Waals surface area contributed by atoms with Gasteiger partial charge in [0.15, 0.2) is 11.5 Å². The van der Waals surface area contributed by atoms with Crippen LogP contribution in [0.15, 0.2) is 85.1 Å². The van der Waals surface area contributed by atoms with Crippen LogP contribution in [0, 0.1) is 5.82 Å². The maximum atomic E-state index is 14.2. The Balaban J connectivity index is 1.07. The molecule has 0 saturated carbocycles. The molecule has 2 fully saturated rings. The summed E-state index contributed by atoms with van der Waals surface area (Å²) < 4.78 is 30.8. The minimum atomic E-state index is -0.321. The molecule has 272 valence electrons.